The number of nitrogens with zero attached hydrogens (tertiary/aromatic N) is 7. The maximum atomic E-state index is 12.9. The van der Waals surface area contributed by atoms with E-state index in [4.69, 9.17) is 9.63 Å². The molecule has 1 amide bonds. The summed E-state index contributed by atoms with van der Waals surface area (Å²) in [6.07, 6.45) is 4.03. The third-order valence-corrected chi connectivity index (χ3v) is 13.9. The lowest BCUT2D eigenvalue weighted by molar-refractivity contribution is -0.645. The number of carbonyl (C=O) groups is 1. The Morgan fingerprint density at radius 1 is 0.887 bits per heavy atom. The second kappa shape index (κ2) is 20.1. The van der Waals surface area contributed by atoms with Gasteiger partial charge in [0.15, 0.2) is 17.0 Å². The van der Waals surface area contributed by atoms with Crippen LogP contribution in [0.3, 0.4) is 0 Å². The lowest BCUT2D eigenvalue weighted by Gasteiger charge is -2.21. The Morgan fingerprint density at radius 3 is 2.16 bits per heavy atom. The van der Waals surface area contributed by atoms with Gasteiger partial charge in [0.1, 0.15) is 25.2 Å². The van der Waals surface area contributed by atoms with Crippen LogP contribution in [0.1, 0.15) is 51.2 Å². The van der Waals surface area contributed by atoms with Gasteiger partial charge in [-0.15, -0.1) is 0 Å². The number of unbranched alkanes of at least 4 members (excludes halogenated alkanes) is 3. The van der Waals surface area contributed by atoms with E-state index in [1.54, 1.807) is 0 Å². The molecular formula is C37H52N9O13P3. The highest BCUT2D eigenvalue weighted by Gasteiger charge is 2.41. The number of fused-ring (bicyclic) bond motifs is 3. The van der Waals surface area contributed by atoms with Crippen molar-refractivity contribution < 1.29 is 65.6 Å². The number of nitrogens with one attached hydrogen (secondary N) is 2. The number of aryl methyl sites for hydroxylation is 1. The van der Waals surface area contributed by atoms with Crippen molar-refractivity contribution in [3.63, 3.8) is 0 Å². The number of pyridine rings is 1. The summed E-state index contributed by atoms with van der Waals surface area (Å²) >= 11 is 0. The lowest BCUT2D eigenvalue weighted by Crippen LogP contribution is -2.37. The van der Waals surface area contributed by atoms with Crippen molar-refractivity contribution in [3.8, 4) is 0 Å². The van der Waals surface area contributed by atoms with E-state index in [-0.39, 0.29) is 12.3 Å². The molecule has 3 unspecified atom stereocenters. The van der Waals surface area contributed by atoms with Gasteiger partial charge in [-0.05, 0) is 43.2 Å². The van der Waals surface area contributed by atoms with Crippen LogP contribution in [0.5, 0.6) is 0 Å². The third-order valence-electron chi connectivity index (χ3n) is 10.1. The first kappa shape index (κ1) is 47.3. The highest BCUT2D eigenvalue weighted by atomic mass is 31.3. The Balaban J connectivity index is 0.917. The Labute approximate surface area is 357 Å². The maximum Gasteiger partial charge on any atom is 0.487 e. The summed E-state index contributed by atoms with van der Waals surface area (Å²) < 4.78 is 55.9. The minimum atomic E-state index is -5.80. The second-order valence-corrected chi connectivity index (χ2v) is 19.6. The van der Waals surface area contributed by atoms with Gasteiger partial charge in [-0.3, -0.25) is 18.5 Å². The summed E-state index contributed by atoms with van der Waals surface area (Å²) in [7, 11) is -8.87. The zero-order chi connectivity index (χ0) is 44.8. The molecule has 25 heteroatoms. The normalized spacial score (nSPS) is 19.6. The predicted molar refractivity (Wildman–Crippen MR) is 227 cm³/mol. The monoisotopic (exact) mass is 923 g/mol. The van der Waals surface area contributed by atoms with Gasteiger partial charge in [0, 0.05) is 94.8 Å². The average Bonchev–Trinajstić information content (AvgIpc) is 3.79. The number of carbonyl (C=O) groups excluding carboxylic acids is 1. The van der Waals surface area contributed by atoms with Crippen LogP contribution < -0.4 is 29.9 Å². The number of ether oxygens (including phenoxy) is 1. The summed E-state index contributed by atoms with van der Waals surface area (Å²) in [6.45, 7) is 1.06. The van der Waals surface area contributed by atoms with Crippen LogP contribution in [0, 0.1) is 0 Å². The first-order valence-electron chi connectivity index (χ1n) is 19.8. The molecule has 0 saturated carbocycles. The standard InChI is InChI=1S/C37H52N9O13P3/c1-43(2)27-13-11-25-18-26-12-14-28(44(3)4)20-30(26)45(29(25)19-27)17-9-10-33(48)38-15-7-5-6-8-16-39-36-35-37(41-23-40-36)46(24-42-35)34-21-31(47)32(57-34)22-56-61(52,53)59-62(54,55)58-60(49,50)51/h11-14,18-20,23-24,31-32,34,47H,5-10,15-17,21-22H2,1-4H3,(H5-,38,39,40,41,48,49,50,51,52,53,54,55)/t31-,32+,34+/m0/s1. The summed E-state index contributed by atoms with van der Waals surface area (Å²) in [5.74, 6) is 0.506. The van der Waals surface area contributed by atoms with Crippen molar-refractivity contribution in [2.24, 2.45) is 0 Å². The zero-order valence-electron chi connectivity index (χ0n) is 34.6. The minimum Gasteiger partial charge on any atom is -0.756 e. The summed E-state index contributed by atoms with van der Waals surface area (Å²) in [6, 6.07) is 15.2. The highest BCUT2D eigenvalue weighted by molar-refractivity contribution is 7.66. The molecule has 3 aromatic heterocycles. The number of amides is 1. The topological polar surface area (TPSA) is 287 Å². The number of rotatable bonds is 22. The van der Waals surface area contributed by atoms with Crippen molar-refractivity contribution >= 4 is 79.5 Å². The smallest absolute Gasteiger partial charge is 0.487 e. The van der Waals surface area contributed by atoms with Gasteiger partial charge < -0.3 is 49.9 Å². The molecule has 6 atom stereocenters. The fraction of sp³-hybridized carbons (Fsp3) is 0.486. The van der Waals surface area contributed by atoms with E-state index in [2.05, 4.69) is 95.6 Å². The van der Waals surface area contributed by atoms with Crippen molar-refractivity contribution in [2.75, 3.05) is 63.0 Å². The molecule has 0 aliphatic carbocycles. The molecule has 4 heterocycles. The number of phosphoric ester groups is 1. The number of hydrogen-bond acceptors (Lipinski definition) is 16. The quantitative estimate of drug-likeness (QED) is 0.0251. The number of phosphoric acid groups is 3. The molecule has 0 spiro atoms. The van der Waals surface area contributed by atoms with Gasteiger partial charge in [0.25, 0.3) is 7.82 Å². The van der Waals surface area contributed by atoms with E-state index in [1.165, 1.54) is 17.2 Å². The molecule has 6 N–H and O–H groups in total. The SMILES string of the molecule is CN(C)c1ccc2cc3ccc(N(C)C)cc3[n+](CCCC(=O)NCCCCCCNc3ncnc4c3ncn4[C@H]3C[C@H](O)[C@@H](COP(=O)(O)OP(=O)(O)OP(=O)([O-])O)O3)c2c1. The van der Waals surface area contributed by atoms with Gasteiger partial charge >= 0.3 is 15.6 Å². The molecule has 1 aliphatic heterocycles. The Bertz CT molecular complexity index is 2460. The predicted octanol–water partition coefficient (Wildman–Crippen LogP) is 3.48. The molecule has 6 rings (SSSR count). The minimum absolute atomic E-state index is 0.0215. The van der Waals surface area contributed by atoms with Gasteiger partial charge in [-0.2, -0.15) is 8.88 Å². The Hall–Kier alpha value is -4.14. The number of imidazole rings is 1. The van der Waals surface area contributed by atoms with Crippen LogP contribution in [-0.2, 0) is 42.9 Å². The van der Waals surface area contributed by atoms with E-state index >= 15 is 0 Å². The van der Waals surface area contributed by atoms with Crippen molar-refractivity contribution in [2.45, 2.75) is 69.9 Å². The van der Waals surface area contributed by atoms with E-state index < -0.39 is 48.5 Å². The summed E-state index contributed by atoms with van der Waals surface area (Å²) in [4.78, 5) is 68.4. The molecule has 1 aliphatic rings. The Kier molecular flexibility index (Phi) is 15.4. The number of hydrogen-bond donors (Lipinski definition) is 6. The fourth-order valence-electron chi connectivity index (χ4n) is 7.09. The number of aliphatic hydroxyl groups is 1. The largest absolute Gasteiger partial charge is 0.756 e. The number of benzene rings is 2. The molecule has 0 bridgehead atoms. The first-order valence-corrected chi connectivity index (χ1v) is 24.3. The van der Waals surface area contributed by atoms with Crippen LogP contribution in [0.15, 0.2) is 55.1 Å². The number of aliphatic hydroxyl groups excluding tert-OH is 1. The second-order valence-electron chi connectivity index (χ2n) is 15.2. The van der Waals surface area contributed by atoms with Crippen LogP contribution in [0.2, 0.25) is 0 Å². The zero-order valence-corrected chi connectivity index (χ0v) is 37.3. The molecule has 22 nitrogen and oxygen atoms in total. The van der Waals surface area contributed by atoms with Crippen molar-refractivity contribution in [3.05, 3.63) is 55.1 Å². The molecular weight excluding hydrogens is 871 g/mol. The van der Waals surface area contributed by atoms with E-state index in [1.807, 2.05) is 28.2 Å². The van der Waals surface area contributed by atoms with Crippen molar-refractivity contribution in [1.82, 2.24) is 24.8 Å². The van der Waals surface area contributed by atoms with Gasteiger partial charge in [-0.1, -0.05) is 12.8 Å². The van der Waals surface area contributed by atoms with E-state index in [0.717, 1.165) is 58.9 Å². The van der Waals surface area contributed by atoms with Gasteiger partial charge in [0.05, 0.1) is 19.0 Å². The third kappa shape index (κ3) is 12.5. The summed E-state index contributed by atoms with van der Waals surface area (Å²) in [5.41, 5.74) is 5.29. The van der Waals surface area contributed by atoms with Crippen LogP contribution in [-0.4, -0.2) is 105 Å². The van der Waals surface area contributed by atoms with Gasteiger partial charge in [0.2, 0.25) is 16.9 Å². The molecule has 1 saturated heterocycles. The molecule has 0 radical (unpaired) electrons. The highest BCUT2D eigenvalue weighted by Crippen LogP contribution is 2.65. The fourth-order valence-corrected chi connectivity index (χ4v) is 10.1. The molecule has 1 fully saturated rings. The summed E-state index contributed by atoms with van der Waals surface area (Å²) in [5, 5.41) is 19.2. The lowest BCUT2D eigenvalue weighted by atomic mass is 10.1. The molecule has 2 aromatic carbocycles. The average molecular weight is 924 g/mol. The number of anilines is 3. The number of aromatic nitrogens is 5. The molecule has 62 heavy (non-hydrogen) atoms. The molecule has 338 valence electrons. The van der Waals surface area contributed by atoms with Crippen LogP contribution in [0.25, 0.3) is 33.0 Å². The van der Waals surface area contributed by atoms with Crippen molar-refractivity contribution in [1.29, 1.82) is 0 Å². The van der Waals surface area contributed by atoms with Crippen LogP contribution in [0.4, 0.5) is 17.2 Å². The Morgan fingerprint density at radius 2 is 1.53 bits per heavy atom. The van der Waals surface area contributed by atoms with Gasteiger partial charge in [-0.25, -0.2) is 28.4 Å². The first-order chi connectivity index (χ1) is 29.3. The van der Waals surface area contributed by atoms with E-state index in [0.29, 0.717) is 49.5 Å². The van der Waals surface area contributed by atoms with Crippen LogP contribution >= 0.6 is 23.5 Å². The molecule has 5 aromatic rings. The van der Waals surface area contributed by atoms with E-state index in [9.17, 15) is 38.3 Å². The maximum absolute atomic E-state index is 12.9.